The number of aliphatic hydroxyl groups is 1. The molecule has 0 aromatic rings. The van der Waals surface area contributed by atoms with E-state index in [-0.39, 0.29) is 37.8 Å². The van der Waals surface area contributed by atoms with Crippen molar-refractivity contribution in [3.8, 4) is 0 Å². The zero-order valence-electron chi connectivity index (χ0n) is 5.76. The average Bonchev–Trinajstić information content (AvgIpc) is 1.65. The number of carbonyl (C=O) groups excluding carboxylic acids is 1. The maximum Gasteiger partial charge on any atom is 1.00 e. The Morgan fingerprint density at radius 1 is 1.78 bits per heavy atom. The fraction of sp³-hybridized carbons (Fsp3) is 0.800. The van der Waals surface area contributed by atoms with Gasteiger partial charge in [-0.3, -0.25) is 0 Å². The van der Waals surface area contributed by atoms with Gasteiger partial charge in [-0.2, -0.15) is 0 Å². The molecule has 0 aliphatic heterocycles. The number of carbonyl (C=O) groups is 1. The van der Waals surface area contributed by atoms with Gasteiger partial charge in [0, 0.05) is 12.6 Å². The summed E-state index contributed by atoms with van der Waals surface area (Å²) in [7, 11) is 0. The van der Waals surface area contributed by atoms with E-state index in [2.05, 4.69) is 0 Å². The first-order valence-electron chi connectivity index (χ1n) is 2.47. The molecule has 0 aromatic heterocycles. The van der Waals surface area contributed by atoms with Crippen molar-refractivity contribution in [3.05, 3.63) is 0 Å². The molecule has 0 heterocycles. The second-order valence-corrected chi connectivity index (χ2v) is 1.86. The molecule has 48 valence electrons. The van der Waals surface area contributed by atoms with Crippen LogP contribution in [0, 0.1) is 5.92 Å². The minimum atomic E-state index is -1.11. The Morgan fingerprint density at radius 3 is 2.33 bits per heavy atom. The first-order valence-corrected chi connectivity index (χ1v) is 2.47. The molecule has 0 fully saturated rings. The number of hydrogen-bond donors (Lipinski definition) is 1. The van der Waals surface area contributed by atoms with E-state index in [1.165, 1.54) is 0 Å². The molecule has 0 aromatic carbocycles. The van der Waals surface area contributed by atoms with E-state index in [0.717, 1.165) is 0 Å². The molecule has 4 heteroatoms. The van der Waals surface area contributed by atoms with Crippen LogP contribution in [-0.2, 0) is 4.79 Å². The van der Waals surface area contributed by atoms with Gasteiger partial charge in [0.25, 0.3) is 0 Å². The molecule has 0 aliphatic rings. The molecule has 1 atom stereocenters. The van der Waals surface area contributed by atoms with Crippen molar-refractivity contribution < 1.29 is 33.9 Å². The predicted octanol–water partition coefficient (Wildman–Crippen LogP) is -4.24. The summed E-state index contributed by atoms with van der Waals surface area (Å²) in [5, 5.41) is 18.0. The standard InChI is InChI=1S/C5H10O3.Li/c1-4(3-6)2-5(7)8;/h4,6H,2-3H2,1H3,(H,7,8);/q;+1/p-1. The number of rotatable bonds is 3. The number of carboxylic acid groups (broad SMARTS) is 1. The quantitative estimate of drug-likeness (QED) is 0.388. The molecular weight excluding hydrogens is 115 g/mol. The third-order valence-corrected chi connectivity index (χ3v) is 0.827. The van der Waals surface area contributed by atoms with Crippen LogP contribution in [-0.4, -0.2) is 17.7 Å². The topological polar surface area (TPSA) is 60.4 Å². The monoisotopic (exact) mass is 124 g/mol. The van der Waals surface area contributed by atoms with Crippen molar-refractivity contribution in [2.45, 2.75) is 13.3 Å². The molecule has 9 heavy (non-hydrogen) atoms. The molecule has 0 saturated heterocycles. The summed E-state index contributed by atoms with van der Waals surface area (Å²) < 4.78 is 0. The largest absolute Gasteiger partial charge is 1.00 e. The van der Waals surface area contributed by atoms with Gasteiger partial charge in [0.1, 0.15) is 0 Å². The fourth-order valence-electron chi connectivity index (χ4n) is 0.349. The van der Waals surface area contributed by atoms with E-state index in [0.29, 0.717) is 0 Å². The molecule has 0 radical (unpaired) electrons. The van der Waals surface area contributed by atoms with E-state index < -0.39 is 5.97 Å². The number of carboxylic acids is 1. The van der Waals surface area contributed by atoms with Gasteiger partial charge < -0.3 is 15.0 Å². The first kappa shape index (κ1) is 11.8. The van der Waals surface area contributed by atoms with Gasteiger partial charge >= 0.3 is 18.9 Å². The third-order valence-electron chi connectivity index (χ3n) is 0.827. The Morgan fingerprint density at radius 2 is 2.22 bits per heavy atom. The molecule has 0 amide bonds. The van der Waals surface area contributed by atoms with Gasteiger partial charge in [0.2, 0.25) is 0 Å². The summed E-state index contributed by atoms with van der Waals surface area (Å²) in [5.41, 5.74) is 0. The van der Waals surface area contributed by atoms with Gasteiger partial charge in [0.15, 0.2) is 0 Å². The van der Waals surface area contributed by atoms with E-state index in [9.17, 15) is 9.90 Å². The Bertz CT molecular complexity index is 84.3. The molecule has 1 N–H and O–H groups in total. The normalized spacial score (nSPS) is 11.8. The molecule has 1 unspecified atom stereocenters. The van der Waals surface area contributed by atoms with Crippen molar-refractivity contribution in [2.24, 2.45) is 5.92 Å². The Labute approximate surface area is 66.2 Å². The van der Waals surface area contributed by atoms with Crippen LogP contribution in [0.5, 0.6) is 0 Å². The van der Waals surface area contributed by atoms with Crippen LogP contribution in [0.15, 0.2) is 0 Å². The molecule has 0 bridgehead atoms. The maximum absolute atomic E-state index is 9.75. The summed E-state index contributed by atoms with van der Waals surface area (Å²) in [6, 6.07) is 0. The second-order valence-electron chi connectivity index (χ2n) is 1.86. The van der Waals surface area contributed by atoms with Crippen molar-refractivity contribution in [3.63, 3.8) is 0 Å². The second kappa shape index (κ2) is 6.15. The first-order chi connectivity index (χ1) is 3.66. The van der Waals surface area contributed by atoms with Crippen LogP contribution in [0.1, 0.15) is 13.3 Å². The number of hydrogen-bond acceptors (Lipinski definition) is 3. The van der Waals surface area contributed by atoms with Crippen LogP contribution in [0.4, 0.5) is 0 Å². The van der Waals surface area contributed by atoms with Crippen LogP contribution >= 0.6 is 0 Å². The van der Waals surface area contributed by atoms with Crippen molar-refractivity contribution >= 4 is 5.97 Å². The molecule has 0 spiro atoms. The van der Waals surface area contributed by atoms with Gasteiger partial charge in [-0.05, 0) is 12.3 Å². The smallest absolute Gasteiger partial charge is 0.550 e. The van der Waals surface area contributed by atoms with Crippen LogP contribution in [0.2, 0.25) is 0 Å². The van der Waals surface area contributed by atoms with Crippen LogP contribution in [0.3, 0.4) is 0 Å². The van der Waals surface area contributed by atoms with E-state index in [4.69, 9.17) is 5.11 Å². The summed E-state index contributed by atoms with van der Waals surface area (Å²) in [5.74, 6) is -1.29. The van der Waals surface area contributed by atoms with E-state index in [1.54, 1.807) is 6.92 Å². The summed E-state index contributed by atoms with van der Waals surface area (Å²) in [4.78, 5) is 9.75. The van der Waals surface area contributed by atoms with Crippen molar-refractivity contribution in [2.75, 3.05) is 6.61 Å². The minimum absolute atomic E-state index is 0. The number of aliphatic hydroxyl groups excluding tert-OH is 1. The van der Waals surface area contributed by atoms with Crippen LogP contribution < -0.4 is 24.0 Å². The fourth-order valence-corrected chi connectivity index (χ4v) is 0.349. The third kappa shape index (κ3) is 8.03. The molecule has 0 rings (SSSR count). The summed E-state index contributed by atoms with van der Waals surface area (Å²) >= 11 is 0. The summed E-state index contributed by atoms with van der Waals surface area (Å²) in [6.45, 7) is 1.56. The van der Waals surface area contributed by atoms with Gasteiger partial charge in [-0.1, -0.05) is 6.92 Å². The van der Waals surface area contributed by atoms with Gasteiger partial charge in [0.05, 0.1) is 0 Å². The van der Waals surface area contributed by atoms with Gasteiger partial charge in [-0.25, -0.2) is 0 Å². The molecule has 0 aliphatic carbocycles. The zero-order valence-corrected chi connectivity index (χ0v) is 5.76. The van der Waals surface area contributed by atoms with E-state index >= 15 is 0 Å². The minimum Gasteiger partial charge on any atom is -0.550 e. The zero-order chi connectivity index (χ0) is 6.57. The molecule has 0 saturated carbocycles. The Balaban J connectivity index is 0. The van der Waals surface area contributed by atoms with Crippen molar-refractivity contribution in [1.82, 2.24) is 0 Å². The number of aliphatic carboxylic acids is 1. The van der Waals surface area contributed by atoms with Gasteiger partial charge in [-0.15, -0.1) is 0 Å². The molecule has 3 nitrogen and oxygen atoms in total. The van der Waals surface area contributed by atoms with Crippen molar-refractivity contribution in [1.29, 1.82) is 0 Å². The van der Waals surface area contributed by atoms with Crippen LogP contribution in [0.25, 0.3) is 0 Å². The Kier molecular flexibility index (Phi) is 8.05. The summed E-state index contributed by atoms with van der Waals surface area (Å²) in [6.07, 6.45) is -0.0590. The predicted molar refractivity (Wildman–Crippen MR) is 25.9 cm³/mol. The SMILES string of the molecule is CC(CO)CC(=O)[O-].[Li+]. The Hall–Kier alpha value is 0.0274. The average molecular weight is 124 g/mol. The maximum atomic E-state index is 9.75. The van der Waals surface area contributed by atoms with E-state index in [1.807, 2.05) is 0 Å². The molecular formula is C5H9LiO3.